The molecule has 0 bridgehead atoms. The molecule has 0 radical (unpaired) electrons. The third-order valence-electron chi connectivity index (χ3n) is 6.43. The van der Waals surface area contributed by atoms with Crippen LogP contribution in [0.2, 0.25) is 5.02 Å². The number of ether oxygens (including phenoxy) is 1. The number of Topliss-reactive ketones (excluding diaryl/α,β-unsaturated/α-hetero) is 1. The van der Waals surface area contributed by atoms with Crippen molar-refractivity contribution in [1.82, 2.24) is 5.32 Å². The van der Waals surface area contributed by atoms with Crippen LogP contribution in [0.5, 0.6) is 5.75 Å². The van der Waals surface area contributed by atoms with Gasteiger partial charge < -0.3 is 15.2 Å². The number of ketones is 1. The van der Waals surface area contributed by atoms with Crippen LogP contribution < -0.4 is 10.1 Å². The molecule has 1 aliphatic carbocycles. The maximum absolute atomic E-state index is 12.5. The summed E-state index contributed by atoms with van der Waals surface area (Å²) in [5.74, 6) is -0.494. The maximum Gasteiger partial charge on any atom is 0.306 e. The third-order valence-corrected chi connectivity index (χ3v) is 6.67. The number of fused-ring (bicyclic) bond motifs is 1. The zero-order valence-corrected chi connectivity index (χ0v) is 20.1. The van der Waals surface area contributed by atoms with Crippen LogP contribution >= 0.6 is 11.6 Å². The van der Waals surface area contributed by atoms with Gasteiger partial charge in [-0.15, -0.1) is 0 Å². The minimum absolute atomic E-state index is 0.00751. The minimum Gasteiger partial charge on any atom is -0.490 e. The second-order valence-electron chi connectivity index (χ2n) is 8.94. The molecule has 1 saturated carbocycles. The molecule has 3 aromatic carbocycles. The molecule has 0 heterocycles. The number of carbonyl (C=O) groups excluding carboxylic acids is 2. The van der Waals surface area contributed by atoms with Gasteiger partial charge in [0, 0.05) is 29.1 Å². The van der Waals surface area contributed by atoms with Crippen LogP contribution in [-0.4, -0.2) is 35.4 Å². The number of carboxylic acids is 1. The molecule has 0 aromatic heterocycles. The van der Waals surface area contributed by atoms with Crippen molar-refractivity contribution in [3.05, 3.63) is 76.8 Å². The fourth-order valence-corrected chi connectivity index (χ4v) is 4.58. The van der Waals surface area contributed by atoms with Crippen LogP contribution in [0.3, 0.4) is 0 Å². The highest BCUT2D eigenvalue weighted by Gasteiger charge is 2.26. The Morgan fingerprint density at radius 2 is 1.57 bits per heavy atom. The van der Waals surface area contributed by atoms with Crippen molar-refractivity contribution < 1.29 is 24.2 Å². The molecule has 35 heavy (non-hydrogen) atoms. The molecule has 0 spiro atoms. The van der Waals surface area contributed by atoms with Gasteiger partial charge in [0.2, 0.25) is 0 Å². The highest BCUT2D eigenvalue weighted by atomic mass is 35.5. The molecular formula is C28H28ClNO5. The van der Waals surface area contributed by atoms with E-state index >= 15 is 0 Å². The molecule has 1 amide bonds. The largest absolute Gasteiger partial charge is 0.490 e. The average molecular weight is 494 g/mol. The number of amides is 1. The van der Waals surface area contributed by atoms with Crippen molar-refractivity contribution in [3.63, 3.8) is 0 Å². The number of benzene rings is 3. The van der Waals surface area contributed by atoms with Crippen molar-refractivity contribution in [3.8, 4) is 5.75 Å². The van der Waals surface area contributed by atoms with Crippen molar-refractivity contribution in [2.75, 3.05) is 6.54 Å². The van der Waals surface area contributed by atoms with E-state index < -0.39 is 5.97 Å². The van der Waals surface area contributed by atoms with Gasteiger partial charge in [0.15, 0.2) is 5.78 Å². The van der Waals surface area contributed by atoms with E-state index in [1.807, 2.05) is 30.3 Å². The zero-order chi connectivity index (χ0) is 24.8. The summed E-state index contributed by atoms with van der Waals surface area (Å²) in [4.78, 5) is 36.1. The predicted octanol–water partition coefficient (Wildman–Crippen LogP) is 5.91. The Kier molecular flexibility index (Phi) is 8.03. The molecule has 1 aliphatic rings. The summed E-state index contributed by atoms with van der Waals surface area (Å²) >= 11 is 6.04. The molecule has 0 atom stereocenters. The molecule has 6 nitrogen and oxygen atoms in total. The molecule has 2 N–H and O–H groups in total. The van der Waals surface area contributed by atoms with E-state index in [9.17, 15) is 14.4 Å². The van der Waals surface area contributed by atoms with Gasteiger partial charge in [-0.1, -0.05) is 23.7 Å². The van der Waals surface area contributed by atoms with Gasteiger partial charge in [-0.2, -0.15) is 0 Å². The first-order valence-corrected chi connectivity index (χ1v) is 12.3. The van der Waals surface area contributed by atoms with Crippen molar-refractivity contribution in [2.45, 2.75) is 44.6 Å². The quantitative estimate of drug-likeness (QED) is 0.285. The lowest BCUT2D eigenvalue weighted by atomic mass is 9.87. The summed E-state index contributed by atoms with van der Waals surface area (Å²) in [7, 11) is 0. The Labute approximate surface area is 209 Å². The van der Waals surface area contributed by atoms with E-state index in [2.05, 4.69) is 5.32 Å². The lowest BCUT2D eigenvalue weighted by molar-refractivity contribution is -0.143. The number of hydrogen-bond donors (Lipinski definition) is 2. The van der Waals surface area contributed by atoms with Gasteiger partial charge in [-0.05, 0) is 91.4 Å². The number of aliphatic carboxylic acids is 1. The third kappa shape index (κ3) is 6.61. The van der Waals surface area contributed by atoms with E-state index in [-0.39, 0.29) is 23.7 Å². The molecule has 0 saturated heterocycles. The molecule has 1 fully saturated rings. The van der Waals surface area contributed by atoms with Gasteiger partial charge in [0.25, 0.3) is 5.91 Å². The van der Waals surface area contributed by atoms with E-state index in [1.165, 1.54) is 0 Å². The Hall–Kier alpha value is -3.38. The molecule has 182 valence electrons. The molecule has 7 heteroatoms. The molecule has 0 unspecified atom stereocenters. The number of nitrogens with one attached hydrogen (secondary N) is 1. The Balaban J connectivity index is 1.20. The summed E-state index contributed by atoms with van der Waals surface area (Å²) in [5, 5.41) is 14.5. The Bertz CT molecular complexity index is 1220. The van der Waals surface area contributed by atoms with E-state index in [1.54, 1.807) is 30.3 Å². The average Bonchev–Trinajstić information content (AvgIpc) is 2.86. The van der Waals surface area contributed by atoms with Crippen LogP contribution in [-0.2, 0) is 4.79 Å². The monoisotopic (exact) mass is 493 g/mol. The topological polar surface area (TPSA) is 92.7 Å². The minimum atomic E-state index is -0.732. The summed E-state index contributed by atoms with van der Waals surface area (Å²) in [6.07, 6.45) is 3.56. The van der Waals surface area contributed by atoms with E-state index in [0.717, 1.165) is 23.6 Å². The highest BCUT2D eigenvalue weighted by molar-refractivity contribution is 6.31. The number of rotatable bonds is 9. The zero-order valence-electron chi connectivity index (χ0n) is 19.3. The maximum atomic E-state index is 12.5. The smallest absolute Gasteiger partial charge is 0.306 e. The van der Waals surface area contributed by atoms with E-state index in [0.29, 0.717) is 54.1 Å². The highest BCUT2D eigenvalue weighted by Crippen LogP contribution is 2.28. The number of carbonyl (C=O) groups is 3. The van der Waals surface area contributed by atoms with Crippen molar-refractivity contribution in [1.29, 1.82) is 0 Å². The van der Waals surface area contributed by atoms with Gasteiger partial charge in [0.1, 0.15) is 5.75 Å². The van der Waals surface area contributed by atoms with Crippen molar-refractivity contribution >= 4 is 40.0 Å². The summed E-state index contributed by atoms with van der Waals surface area (Å²) < 4.78 is 5.96. The van der Waals surface area contributed by atoms with Crippen molar-refractivity contribution in [2.24, 2.45) is 5.92 Å². The summed E-state index contributed by atoms with van der Waals surface area (Å²) in [6, 6.07) is 18.1. The standard InChI is InChI=1S/C28H28ClNO5/c29-23-10-5-18-3-4-21(16-22(18)17-23)27(32)30-15-1-2-26(31)19-6-11-24(12-7-19)35-25-13-8-20(9-14-25)28(33)34/h3-7,10-12,16-17,20,25H,1-2,8-9,13-15H2,(H,30,32)(H,33,34). The predicted molar refractivity (Wildman–Crippen MR) is 135 cm³/mol. The Morgan fingerprint density at radius 3 is 2.29 bits per heavy atom. The fourth-order valence-electron chi connectivity index (χ4n) is 4.40. The second kappa shape index (κ2) is 11.4. The molecule has 4 rings (SSSR count). The molecular weight excluding hydrogens is 466 g/mol. The van der Waals surface area contributed by atoms with Gasteiger partial charge in [0.05, 0.1) is 12.0 Å². The number of hydrogen-bond acceptors (Lipinski definition) is 4. The first kappa shape index (κ1) is 24.7. The summed E-state index contributed by atoms with van der Waals surface area (Å²) in [5.41, 5.74) is 1.16. The lowest BCUT2D eigenvalue weighted by Gasteiger charge is -2.26. The molecule has 3 aromatic rings. The van der Waals surface area contributed by atoms with Crippen LogP contribution in [0, 0.1) is 5.92 Å². The Morgan fingerprint density at radius 1 is 0.886 bits per heavy atom. The van der Waals surface area contributed by atoms with Crippen LogP contribution in [0.15, 0.2) is 60.7 Å². The molecule has 0 aliphatic heterocycles. The van der Waals surface area contributed by atoms with Gasteiger partial charge in [-0.25, -0.2) is 0 Å². The van der Waals surface area contributed by atoms with Gasteiger partial charge >= 0.3 is 5.97 Å². The van der Waals surface area contributed by atoms with E-state index in [4.69, 9.17) is 21.4 Å². The van der Waals surface area contributed by atoms with Crippen LogP contribution in [0.25, 0.3) is 10.8 Å². The first-order valence-electron chi connectivity index (χ1n) is 11.9. The first-order chi connectivity index (χ1) is 16.9. The lowest BCUT2D eigenvalue weighted by Crippen LogP contribution is -2.27. The fraction of sp³-hybridized carbons (Fsp3) is 0.321. The summed E-state index contributed by atoms with van der Waals surface area (Å²) in [6.45, 7) is 0.401. The number of halogens is 1. The number of carboxylic acid groups (broad SMARTS) is 1. The SMILES string of the molecule is O=C(CCCNC(=O)c1ccc2ccc(Cl)cc2c1)c1ccc(OC2CCC(C(=O)O)CC2)cc1. The van der Waals surface area contributed by atoms with Gasteiger partial charge in [-0.3, -0.25) is 14.4 Å². The second-order valence-corrected chi connectivity index (χ2v) is 9.38. The van der Waals surface area contributed by atoms with Crippen LogP contribution in [0.4, 0.5) is 0 Å². The van der Waals surface area contributed by atoms with Crippen LogP contribution in [0.1, 0.15) is 59.2 Å². The normalized spacial score (nSPS) is 17.6.